The normalized spacial score (nSPS) is 27.0. The molecule has 226 valence electrons. The molecule has 3 N–H and O–H groups in total. The first-order chi connectivity index (χ1) is 19.6. The summed E-state index contributed by atoms with van der Waals surface area (Å²) in [5.74, 6) is 0.866. The fraction of sp³-hybridized carbons (Fsp3) is 0.677. The molecule has 1 aliphatic carbocycles. The molecule has 4 rings (SSSR count). The number of ketones is 1. The number of hydrogen-bond acceptors (Lipinski definition) is 7. The van der Waals surface area contributed by atoms with E-state index in [2.05, 4.69) is 16.0 Å². The molecule has 0 spiro atoms. The number of anilines is 2. The van der Waals surface area contributed by atoms with E-state index >= 15 is 0 Å². The third-order valence-corrected chi connectivity index (χ3v) is 9.26. The van der Waals surface area contributed by atoms with E-state index in [1.54, 1.807) is 12.0 Å². The predicted octanol–water partition coefficient (Wildman–Crippen LogP) is 4.88. The summed E-state index contributed by atoms with van der Waals surface area (Å²) in [4.78, 5) is 51.8. The van der Waals surface area contributed by atoms with Gasteiger partial charge in [0.2, 0.25) is 11.8 Å². The van der Waals surface area contributed by atoms with Crippen molar-refractivity contribution in [3.05, 3.63) is 18.2 Å². The van der Waals surface area contributed by atoms with Gasteiger partial charge >= 0.3 is 6.09 Å². The number of nitrogens with zero attached hydrogens (tertiary/aromatic N) is 1. The molecule has 2 heterocycles. The van der Waals surface area contributed by atoms with E-state index in [4.69, 9.17) is 9.47 Å². The van der Waals surface area contributed by atoms with Gasteiger partial charge in [-0.15, -0.1) is 0 Å². The lowest BCUT2D eigenvalue weighted by molar-refractivity contribution is -0.137. The summed E-state index contributed by atoms with van der Waals surface area (Å²) in [6.07, 6.45) is 8.46. The molecule has 1 saturated carbocycles. The molecule has 3 amide bonds. The zero-order chi connectivity index (χ0) is 29.6. The van der Waals surface area contributed by atoms with Gasteiger partial charge in [-0.1, -0.05) is 32.6 Å². The largest absolute Gasteiger partial charge is 0.497 e. The van der Waals surface area contributed by atoms with Gasteiger partial charge in [-0.3, -0.25) is 14.4 Å². The van der Waals surface area contributed by atoms with E-state index in [0.29, 0.717) is 12.3 Å². The van der Waals surface area contributed by atoms with Crippen molar-refractivity contribution < 1.29 is 28.7 Å². The fourth-order valence-corrected chi connectivity index (χ4v) is 6.88. The highest BCUT2D eigenvalue weighted by atomic mass is 16.6. The summed E-state index contributed by atoms with van der Waals surface area (Å²) in [7, 11) is 1.60. The standard InChI is InChI=1S/C31H46N4O6/c1-5-21-15-17-35(28(21)20(2)36)27(37)19-32-30(39)41-31(3)16-9-11-22(31)10-7-6-8-12-25-29(38)34-26-18-23(40-4)13-14-24(26)33-25/h13-14,18,21-22,25,28,33H,5-12,15-17,19H2,1-4H3,(H,32,39)(H,34,38)/t21?,22-,25?,28-,31?/m1/s1. The number of unbranched alkanes of at least 4 members (excludes halogenated alkanes) is 2. The minimum atomic E-state index is -0.578. The summed E-state index contributed by atoms with van der Waals surface area (Å²) >= 11 is 0. The number of hydrogen-bond donors (Lipinski definition) is 3. The molecule has 1 saturated heterocycles. The lowest BCUT2D eigenvalue weighted by Gasteiger charge is -2.32. The van der Waals surface area contributed by atoms with Gasteiger partial charge in [0.25, 0.3) is 0 Å². The average molecular weight is 571 g/mol. The van der Waals surface area contributed by atoms with Crippen molar-refractivity contribution in [1.82, 2.24) is 10.2 Å². The van der Waals surface area contributed by atoms with Crippen LogP contribution >= 0.6 is 0 Å². The van der Waals surface area contributed by atoms with Crippen LogP contribution in [0.1, 0.15) is 85.0 Å². The molecule has 3 unspecified atom stereocenters. The van der Waals surface area contributed by atoms with E-state index < -0.39 is 17.7 Å². The SMILES string of the molecule is CCC1CCN(C(=O)CNC(=O)OC2(C)CCC[C@H]2CCCCCC2Nc3ccc(OC)cc3NC2=O)[C@@H]1C(C)=O. The number of likely N-dealkylation sites (tertiary alicyclic amines) is 1. The highest BCUT2D eigenvalue weighted by Crippen LogP contribution is 2.41. The lowest BCUT2D eigenvalue weighted by atomic mass is 9.87. The van der Waals surface area contributed by atoms with Gasteiger partial charge in [0.15, 0.2) is 5.78 Å². The number of carbonyl (C=O) groups excluding carboxylic acids is 4. The molecule has 1 aromatic rings. The highest BCUT2D eigenvalue weighted by molar-refractivity contribution is 6.03. The molecule has 2 aliphatic heterocycles. The van der Waals surface area contributed by atoms with Crippen LogP contribution in [-0.2, 0) is 19.1 Å². The van der Waals surface area contributed by atoms with Crippen LogP contribution in [0, 0.1) is 11.8 Å². The number of methoxy groups -OCH3 is 1. The number of Topliss-reactive ketones (excluding diaryl/α,β-unsaturated/α-hetero) is 1. The summed E-state index contributed by atoms with van der Waals surface area (Å²) in [6.45, 7) is 5.93. The summed E-state index contributed by atoms with van der Waals surface area (Å²) in [5, 5.41) is 8.95. The number of ether oxygens (including phenoxy) is 2. The van der Waals surface area contributed by atoms with Crippen molar-refractivity contribution in [1.29, 1.82) is 0 Å². The van der Waals surface area contributed by atoms with E-state index in [-0.39, 0.29) is 42.0 Å². The Kier molecular flexibility index (Phi) is 10.1. The Morgan fingerprint density at radius 2 is 1.90 bits per heavy atom. The topological polar surface area (TPSA) is 126 Å². The number of fused-ring (bicyclic) bond motifs is 1. The van der Waals surface area contributed by atoms with Gasteiger partial charge in [0.05, 0.1) is 24.5 Å². The van der Waals surface area contributed by atoms with Crippen LogP contribution in [0.3, 0.4) is 0 Å². The molecular weight excluding hydrogens is 524 g/mol. The van der Waals surface area contributed by atoms with Gasteiger partial charge in [0, 0.05) is 12.6 Å². The molecule has 0 aromatic heterocycles. The van der Waals surface area contributed by atoms with Crippen molar-refractivity contribution in [3.63, 3.8) is 0 Å². The molecule has 0 radical (unpaired) electrons. The van der Waals surface area contributed by atoms with Crippen LogP contribution in [0.15, 0.2) is 18.2 Å². The second kappa shape index (κ2) is 13.6. The summed E-state index contributed by atoms with van der Waals surface area (Å²) < 4.78 is 11.1. The van der Waals surface area contributed by atoms with Gasteiger partial charge < -0.3 is 30.3 Å². The van der Waals surface area contributed by atoms with E-state index in [9.17, 15) is 19.2 Å². The zero-order valence-corrected chi connectivity index (χ0v) is 24.9. The fourth-order valence-electron chi connectivity index (χ4n) is 6.88. The van der Waals surface area contributed by atoms with Crippen LogP contribution in [-0.4, -0.2) is 66.5 Å². The van der Waals surface area contributed by atoms with Crippen molar-refractivity contribution in [3.8, 4) is 5.75 Å². The second-order valence-electron chi connectivity index (χ2n) is 12.0. The molecule has 10 heteroatoms. The Bertz CT molecular complexity index is 1130. The number of nitrogens with one attached hydrogen (secondary N) is 3. The average Bonchev–Trinajstić information content (AvgIpc) is 3.54. The van der Waals surface area contributed by atoms with Crippen molar-refractivity contribution in [2.24, 2.45) is 11.8 Å². The summed E-state index contributed by atoms with van der Waals surface area (Å²) in [6, 6.07) is 4.95. The van der Waals surface area contributed by atoms with Gasteiger partial charge in [-0.25, -0.2) is 4.79 Å². The van der Waals surface area contributed by atoms with Crippen LogP contribution in [0.5, 0.6) is 5.75 Å². The van der Waals surface area contributed by atoms with Crippen molar-refractivity contribution in [2.75, 3.05) is 30.8 Å². The van der Waals surface area contributed by atoms with Gasteiger partial charge in [0.1, 0.15) is 23.9 Å². The van der Waals surface area contributed by atoms with E-state index in [1.165, 1.54) is 6.92 Å². The van der Waals surface area contributed by atoms with Crippen LogP contribution in [0.2, 0.25) is 0 Å². The second-order valence-corrected chi connectivity index (χ2v) is 12.0. The first-order valence-electron chi connectivity index (χ1n) is 15.2. The van der Waals surface area contributed by atoms with E-state index in [0.717, 1.165) is 75.6 Å². The molecule has 5 atom stereocenters. The number of carbonyl (C=O) groups is 4. The highest BCUT2D eigenvalue weighted by Gasteiger charge is 2.42. The Morgan fingerprint density at radius 3 is 2.63 bits per heavy atom. The Morgan fingerprint density at radius 1 is 1.12 bits per heavy atom. The maximum absolute atomic E-state index is 12.8. The van der Waals surface area contributed by atoms with E-state index in [1.807, 2.05) is 32.0 Å². The first kappa shape index (κ1) is 30.7. The quantitative estimate of drug-likeness (QED) is 0.306. The maximum atomic E-state index is 12.8. The van der Waals surface area contributed by atoms with Crippen LogP contribution in [0.25, 0.3) is 0 Å². The van der Waals surface area contributed by atoms with Gasteiger partial charge in [-0.05, 0) is 76.3 Å². The maximum Gasteiger partial charge on any atom is 0.408 e. The molecule has 0 bridgehead atoms. The minimum absolute atomic E-state index is 0.00349. The Balaban J connectivity index is 1.17. The smallest absolute Gasteiger partial charge is 0.408 e. The molecular formula is C31H46N4O6. The predicted molar refractivity (Wildman–Crippen MR) is 157 cm³/mol. The monoisotopic (exact) mass is 570 g/mol. The molecule has 10 nitrogen and oxygen atoms in total. The van der Waals surface area contributed by atoms with Gasteiger partial charge in [-0.2, -0.15) is 0 Å². The number of amides is 3. The number of alkyl carbamates (subject to hydrolysis) is 1. The molecule has 41 heavy (non-hydrogen) atoms. The molecule has 2 fully saturated rings. The third-order valence-electron chi connectivity index (χ3n) is 9.26. The zero-order valence-electron chi connectivity index (χ0n) is 24.9. The lowest BCUT2D eigenvalue weighted by Crippen LogP contribution is -2.48. The Labute approximate surface area is 243 Å². The third kappa shape index (κ3) is 7.32. The minimum Gasteiger partial charge on any atom is -0.497 e. The van der Waals surface area contributed by atoms with Crippen molar-refractivity contribution in [2.45, 2.75) is 103 Å². The summed E-state index contributed by atoms with van der Waals surface area (Å²) in [5.41, 5.74) is 1.07. The van der Waals surface area contributed by atoms with Crippen molar-refractivity contribution >= 4 is 35.1 Å². The Hall–Kier alpha value is -3.30. The molecule has 1 aromatic carbocycles. The number of rotatable bonds is 12. The van der Waals surface area contributed by atoms with Crippen LogP contribution in [0.4, 0.5) is 16.2 Å². The molecule has 3 aliphatic rings. The van der Waals surface area contributed by atoms with Crippen LogP contribution < -0.4 is 20.7 Å². The first-order valence-corrected chi connectivity index (χ1v) is 15.2. The number of benzene rings is 1.